The fourth-order valence-electron chi connectivity index (χ4n) is 6.22. The minimum absolute atomic E-state index is 0.0109. The first kappa shape index (κ1) is 42.7. The lowest BCUT2D eigenvalue weighted by Crippen LogP contribution is -2.67. The molecule has 0 saturated carbocycles. The number of aliphatic hydroxyl groups excluding tert-OH is 7. The van der Waals surface area contributed by atoms with Crippen molar-refractivity contribution < 1.29 is 83.1 Å². The first-order valence-corrected chi connectivity index (χ1v) is 17.0. The zero-order valence-electron chi connectivity index (χ0n) is 29.7. The lowest BCUT2D eigenvalue weighted by molar-refractivity contribution is -0.376. The summed E-state index contributed by atoms with van der Waals surface area (Å²) >= 11 is 0. The van der Waals surface area contributed by atoms with E-state index >= 15 is 0 Å². The molecule has 3 aliphatic heterocycles. The maximum absolute atomic E-state index is 11.4. The summed E-state index contributed by atoms with van der Waals surface area (Å²) in [5.41, 5.74) is 0. The summed E-state index contributed by atoms with van der Waals surface area (Å²) < 4.78 is 58.4. The second kappa shape index (κ2) is 20.0. The number of hydrogen-bond acceptors (Lipinski definition) is 17. The van der Waals surface area contributed by atoms with Gasteiger partial charge in [0.05, 0.1) is 57.5 Å². The predicted octanol–water partition coefficient (Wildman–Crippen LogP) is -2.32. The quantitative estimate of drug-likeness (QED) is 0.0789. The third-order valence-electron chi connectivity index (χ3n) is 8.53. The van der Waals surface area contributed by atoms with Gasteiger partial charge in [-0.05, 0) is 33.6 Å². The highest BCUT2D eigenvalue weighted by molar-refractivity contribution is 4.98. The van der Waals surface area contributed by atoms with E-state index in [-0.39, 0.29) is 45.1 Å². The normalized spacial score (nSPS) is 41.7. The summed E-state index contributed by atoms with van der Waals surface area (Å²) in [5, 5.41) is 75.2. The third-order valence-corrected chi connectivity index (χ3v) is 8.53. The highest BCUT2D eigenvalue weighted by Crippen LogP contribution is 2.35. The molecule has 0 bridgehead atoms. The smallest absolute Gasteiger partial charge is 0.187 e. The van der Waals surface area contributed by atoms with Crippen molar-refractivity contribution in [1.82, 2.24) is 0 Å². The molecule has 0 aromatic rings. The van der Waals surface area contributed by atoms with Gasteiger partial charge in [0.25, 0.3) is 0 Å². The molecule has 0 aromatic heterocycles. The van der Waals surface area contributed by atoms with Crippen LogP contribution in [0.25, 0.3) is 0 Å². The minimum Gasteiger partial charge on any atom is -0.391 e. The van der Waals surface area contributed by atoms with Crippen molar-refractivity contribution in [3.63, 3.8) is 0 Å². The van der Waals surface area contributed by atoms with Gasteiger partial charge in [0.15, 0.2) is 12.6 Å². The monoisotopic (exact) mass is 716 g/mol. The van der Waals surface area contributed by atoms with Crippen LogP contribution in [0.15, 0.2) is 0 Å². The largest absolute Gasteiger partial charge is 0.391 e. The molecule has 3 aliphatic rings. The van der Waals surface area contributed by atoms with Crippen LogP contribution in [0.3, 0.4) is 0 Å². The van der Waals surface area contributed by atoms with Crippen LogP contribution in [-0.2, 0) is 47.4 Å². The molecule has 3 rings (SSSR count). The molecule has 0 radical (unpaired) electrons. The molecule has 0 spiro atoms. The first-order chi connectivity index (χ1) is 23.1. The van der Waals surface area contributed by atoms with Gasteiger partial charge >= 0.3 is 0 Å². The number of ether oxygens (including phenoxy) is 10. The molecule has 17 heteroatoms. The molecule has 17 nitrogen and oxygen atoms in total. The molecule has 3 fully saturated rings. The van der Waals surface area contributed by atoms with E-state index in [2.05, 4.69) is 0 Å². The summed E-state index contributed by atoms with van der Waals surface area (Å²) in [5.74, 6) is -0.109. The molecule has 8 unspecified atom stereocenters. The number of aliphatic hydroxyl groups is 7. The van der Waals surface area contributed by atoms with Crippen molar-refractivity contribution in [3.8, 4) is 0 Å². The predicted molar refractivity (Wildman–Crippen MR) is 168 cm³/mol. The van der Waals surface area contributed by atoms with Crippen molar-refractivity contribution in [2.75, 3.05) is 47.3 Å². The van der Waals surface area contributed by atoms with Crippen LogP contribution in [0.2, 0.25) is 0 Å². The van der Waals surface area contributed by atoms with Gasteiger partial charge in [-0.3, -0.25) is 0 Å². The Bertz CT molecular complexity index is 926. The van der Waals surface area contributed by atoms with Crippen molar-refractivity contribution in [1.29, 1.82) is 0 Å². The molecule has 0 aliphatic carbocycles. The first-order valence-electron chi connectivity index (χ1n) is 17.0. The zero-order valence-corrected chi connectivity index (χ0v) is 29.7. The molecule has 290 valence electrons. The van der Waals surface area contributed by atoms with Gasteiger partial charge in [0.2, 0.25) is 0 Å². The molecule has 0 aromatic carbocycles. The van der Waals surface area contributed by atoms with Crippen molar-refractivity contribution >= 4 is 0 Å². The fraction of sp³-hybridized carbons (Fsp3) is 1.00. The SMILES string of the molecule is COCC1O[C@@H](O[C@@H]2C(COCC(C)O)O[C@@H](C(C)C)[C@@H](O)C2OC)[C@@H](O)C(O)[C@@H]1O[C@@H]1OC(COCC(C)O)[C@@H](OC(C)C)C(O)[C@@H]1O. The highest BCUT2D eigenvalue weighted by atomic mass is 16.8. The van der Waals surface area contributed by atoms with E-state index < -0.39 is 104 Å². The second-order valence-electron chi connectivity index (χ2n) is 13.7. The molecule has 0 amide bonds. The van der Waals surface area contributed by atoms with E-state index in [4.69, 9.17) is 47.4 Å². The van der Waals surface area contributed by atoms with Crippen LogP contribution in [0.1, 0.15) is 41.5 Å². The Labute approximate surface area is 288 Å². The van der Waals surface area contributed by atoms with E-state index in [1.165, 1.54) is 14.2 Å². The highest BCUT2D eigenvalue weighted by Gasteiger charge is 2.54. The van der Waals surface area contributed by atoms with Crippen LogP contribution in [-0.4, -0.2) is 193 Å². The minimum atomic E-state index is -1.73. The number of hydrogen-bond donors (Lipinski definition) is 7. The van der Waals surface area contributed by atoms with E-state index in [0.29, 0.717) is 0 Å². The summed E-state index contributed by atoms with van der Waals surface area (Å²) in [6.45, 7) is 10.0. The molecule has 3 heterocycles. The van der Waals surface area contributed by atoms with Gasteiger partial charge in [-0.15, -0.1) is 0 Å². The summed E-state index contributed by atoms with van der Waals surface area (Å²) in [7, 11) is 2.79. The molecule has 17 atom stereocenters. The van der Waals surface area contributed by atoms with Gasteiger partial charge in [-0.2, -0.15) is 0 Å². The van der Waals surface area contributed by atoms with Gasteiger partial charge < -0.3 is 83.1 Å². The van der Waals surface area contributed by atoms with Crippen molar-refractivity contribution in [3.05, 3.63) is 0 Å². The van der Waals surface area contributed by atoms with Crippen LogP contribution >= 0.6 is 0 Å². The van der Waals surface area contributed by atoms with Crippen LogP contribution in [0.5, 0.6) is 0 Å². The average Bonchev–Trinajstić information content (AvgIpc) is 3.02. The summed E-state index contributed by atoms with van der Waals surface area (Å²) in [4.78, 5) is 0. The van der Waals surface area contributed by atoms with E-state index in [1.54, 1.807) is 27.7 Å². The second-order valence-corrected chi connectivity index (χ2v) is 13.7. The number of methoxy groups -OCH3 is 2. The molecule has 7 N–H and O–H groups in total. The Morgan fingerprint density at radius 1 is 0.551 bits per heavy atom. The lowest BCUT2D eigenvalue weighted by Gasteiger charge is -2.49. The topological polar surface area (TPSA) is 234 Å². The van der Waals surface area contributed by atoms with Crippen LogP contribution in [0.4, 0.5) is 0 Å². The van der Waals surface area contributed by atoms with Gasteiger partial charge in [-0.25, -0.2) is 0 Å². The maximum Gasteiger partial charge on any atom is 0.187 e. The van der Waals surface area contributed by atoms with E-state index in [9.17, 15) is 35.7 Å². The lowest BCUT2D eigenvalue weighted by atomic mass is 9.89. The molecular weight excluding hydrogens is 656 g/mol. The van der Waals surface area contributed by atoms with Gasteiger partial charge in [0.1, 0.15) is 73.2 Å². The van der Waals surface area contributed by atoms with E-state index in [0.717, 1.165) is 0 Å². The molecular formula is C32H60O17. The molecule has 3 saturated heterocycles. The zero-order chi connectivity index (χ0) is 36.6. The van der Waals surface area contributed by atoms with Crippen molar-refractivity contribution in [2.45, 2.75) is 152 Å². The Morgan fingerprint density at radius 3 is 1.47 bits per heavy atom. The standard InChI is InChI=1S/C32H60O17/c1-14(2)26-25(39)30(41-8)29(20(45-26)13-43-10-17(6)34)49-32-24(38)22(36)28(18(46-32)11-40-7)48-31-23(37)21(35)27(44-15(3)4)19(47-31)12-42-9-16(5)33/h14-39H,9-13H2,1-8H3/t16?,17?,18?,19?,20?,21?,22?,23-,24-,25+,26-,27+,28+,29+,30?,31-,32-/m0/s1. The van der Waals surface area contributed by atoms with Crippen molar-refractivity contribution in [2.24, 2.45) is 5.92 Å². The Hall–Kier alpha value is -0.680. The maximum atomic E-state index is 11.4. The Morgan fingerprint density at radius 2 is 1.02 bits per heavy atom. The van der Waals surface area contributed by atoms with Crippen LogP contribution in [0, 0.1) is 5.92 Å². The Balaban J connectivity index is 1.81. The Kier molecular flexibility index (Phi) is 17.4. The average molecular weight is 717 g/mol. The number of rotatable bonds is 18. The third kappa shape index (κ3) is 11.4. The van der Waals surface area contributed by atoms with E-state index in [1.807, 2.05) is 13.8 Å². The molecule has 49 heavy (non-hydrogen) atoms. The summed E-state index contributed by atoms with van der Waals surface area (Å²) in [6.07, 6.45) is -20.5. The van der Waals surface area contributed by atoms with Gasteiger partial charge in [0, 0.05) is 14.2 Å². The van der Waals surface area contributed by atoms with Crippen LogP contribution < -0.4 is 0 Å². The summed E-state index contributed by atoms with van der Waals surface area (Å²) in [6, 6.07) is 0. The van der Waals surface area contributed by atoms with Gasteiger partial charge in [-0.1, -0.05) is 13.8 Å². The fourth-order valence-corrected chi connectivity index (χ4v) is 6.22.